The maximum atomic E-state index is 12.1. The van der Waals surface area contributed by atoms with Gasteiger partial charge < -0.3 is 20.3 Å². The topological polar surface area (TPSA) is 86.8 Å². The van der Waals surface area contributed by atoms with Crippen LogP contribution >= 0.6 is 0 Å². The fourth-order valence-corrected chi connectivity index (χ4v) is 4.11. The van der Waals surface area contributed by atoms with E-state index in [0.717, 1.165) is 61.1 Å². The molecule has 3 heterocycles. The average molecular weight is 424 g/mol. The molecule has 0 saturated carbocycles. The molecule has 8 nitrogen and oxygen atoms in total. The third kappa shape index (κ3) is 4.49. The Labute approximate surface area is 182 Å². The van der Waals surface area contributed by atoms with Crippen molar-refractivity contribution in [3.05, 3.63) is 47.3 Å². The number of piperazine rings is 1. The van der Waals surface area contributed by atoms with Gasteiger partial charge in [0.15, 0.2) is 6.10 Å². The van der Waals surface area contributed by atoms with Crippen molar-refractivity contribution < 1.29 is 14.3 Å². The summed E-state index contributed by atoms with van der Waals surface area (Å²) in [5.41, 5.74) is 4.29. The van der Waals surface area contributed by atoms with E-state index < -0.39 is 6.10 Å². The van der Waals surface area contributed by atoms with Gasteiger partial charge in [0.1, 0.15) is 11.4 Å². The number of nitrogens with zero attached hydrogens (tertiary/aromatic N) is 3. The zero-order valence-corrected chi connectivity index (χ0v) is 18.3. The van der Waals surface area contributed by atoms with E-state index in [1.807, 2.05) is 32.0 Å². The van der Waals surface area contributed by atoms with Gasteiger partial charge in [-0.05, 0) is 43.2 Å². The van der Waals surface area contributed by atoms with Gasteiger partial charge in [-0.3, -0.25) is 14.5 Å². The van der Waals surface area contributed by atoms with Crippen molar-refractivity contribution in [1.29, 1.82) is 0 Å². The fraction of sp³-hybridized carbons (Fsp3) is 0.435. The molecule has 0 aliphatic carbocycles. The first-order valence-corrected chi connectivity index (χ1v) is 10.8. The lowest BCUT2D eigenvalue weighted by molar-refractivity contribution is -0.123. The van der Waals surface area contributed by atoms with E-state index in [2.05, 4.69) is 31.5 Å². The van der Waals surface area contributed by atoms with Gasteiger partial charge >= 0.3 is 0 Å². The fourth-order valence-electron chi connectivity index (χ4n) is 4.11. The first-order chi connectivity index (χ1) is 15.0. The van der Waals surface area contributed by atoms with Crippen LogP contribution in [0, 0.1) is 6.92 Å². The lowest BCUT2D eigenvalue weighted by Crippen LogP contribution is -2.46. The standard InChI is InChI=1S/C23H29N5O3/c1-4-20-23(30)26-18-13-16(5-8-21(18)31-20)14-27-9-11-28(12-10-27)19-7-6-17(22(29)24-3)25-15(19)2/h5-8,13,20H,4,9-12,14H2,1-3H3,(H,24,29)(H,26,30)/t20-/m1/s1. The van der Waals surface area contributed by atoms with E-state index in [4.69, 9.17) is 4.74 Å². The second kappa shape index (κ2) is 8.93. The van der Waals surface area contributed by atoms with Gasteiger partial charge in [0.2, 0.25) is 0 Å². The molecule has 4 rings (SSSR count). The molecule has 2 aliphatic heterocycles. The number of aromatic nitrogens is 1. The lowest BCUT2D eigenvalue weighted by atomic mass is 10.1. The SMILES string of the molecule is CC[C@H]1Oc2ccc(CN3CCN(c4ccc(C(=O)NC)nc4C)CC3)cc2NC1=O. The molecule has 0 unspecified atom stereocenters. The molecule has 1 atom stereocenters. The van der Waals surface area contributed by atoms with Crippen molar-refractivity contribution in [3.8, 4) is 5.75 Å². The number of hydrogen-bond acceptors (Lipinski definition) is 6. The van der Waals surface area contributed by atoms with Crippen LogP contribution in [0.1, 0.15) is 35.1 Å². The minimum Gasteiger partial charge on any atom is -0.478 e. The molecule has 164 valence electrons. The highest BCUT2D eigenvalue weighted by Gasteiger charge is 2.26. The highest BCUT2D eigenvalue weighted by molar-refractivity contribution is 5.97. The van der Waals surface area contributed by atoms with Crippen LogP contribution in [0.15, 0.2) is 30.3 Å². The average Bonchev–Trinajstić information content (AvgIpc) is 2.78. The maximum absolute atomic E-state index is 12.1. The van der Waals surface area contributed by atoms with E-state index in [9.17, 15) is 9.59 Å². The van der Waals surface area contributed by atoms with Gasteiger partial charge in [-0.25, -0.2) is 4.98 Å². The van der Waals surface area contributed by atoms with E-state index >= 15 is 0 Å². The number of amides is 2. The molecular formula is C23H29N5O3. The van der Waals surface area contributed by atoms with E-state index in [-0.39, 0.29) is 11.8 Å². The summed E-state index contributed by atoms with van der Waals surface area (Å²) in [5, 5.41) is 5.57. The molecule has 0 radical (unpaired) electrons. The molecule has 1 aromatic carbocycles. The van der Waals surface area contributed by atoms with Gasteiger partial charge in [-0.1, -0.05) is 13.0 Å². The molecule has 2 aliphatic rings. The van der Waals surface area contributed by atoms with Crippen molar-refractivity contribution in [1.82, 2.24) is 15.2 Å². The Morgan fingerprint density at radius 2 is 2.00 bits per heavy atom. The monoisotopic (exact) mass is 423 g/mol. The number of carbonyl (C=O) groups excluding carboxylic acids is 2. The summed E-state index contributed by atoms with van der Waals surface area (Å²) in [5.74, 6) is 0.492. The summed E-state index contributed by atoms with van der Waals surface area (Å²) >= 11 is 0. The number of nitrogens with one attached hydrogen (secondary N) is 2. The smallest absolute Gasteiger partial charge is 0.269 e. The third-order valence-corrected chi connectivity index (χ3v) is 5.87. The lowest BCUT2D eigenvalue weighted by Gasteiger charge is -2.36. The van der Waals surface area contributed by atoms with Crippen LogP contribution in [-0.4, -0.2) is 61.0 Å². The Morgan fingerprint density at radius 3 is 2.68 bits per heavy atom. The maximum Gasteiger partial charge on any atom is 0.269 e. The largest absolute Gasteiger partial charge is 0.478 e. The molecule has 1 aromatic heterocycles. The van der Waals surface area contributed by atoms with E-state index in [0.29, 0.717) is 12.1 Å². The predicted octanol–water partition coefficient (Wildman–Crippen LogP) is 2.18. The molecule has 0 spiro atoms. The normalized spacial score (nSPS) is 18.7. The number of carbonyl (C=O) groups is 2. The van der Waals surface area contributed by atoms with Gasteiger partial charge in [0.05, 0.1) is 17.1 Å². The van der Waals surface area contributed by atoms with Crippen LogP contribution in [0.3, 0.4) is 0 Å². The molecule has 0 bridgehead atoms. The number of ether oxygens (including phenoxy) is 1. The molecular weight excluding hydrogens is 394 g/mol. The molecule has 8 heteroatoms. The predicted molar refractivity (Wildman–Crippen MR) is 120 cm³/mol. The van der Waals surface area contributed by atoms with Crippen molar-refractivity contribution in [3.63, 3.8) is 0 Å². The Balaban J connectivity index is 1.36. The van der Waals surface area contributed by atoms with Crippen LogP contribution in [-0.2, 0) is 11.3 Å². The summed E-state index contributed by atoms with van der Waals surface area (Å²) in [4.78, 5) is 33.0. The third-order valence-electron chi connectivity index (χ3n) is 5.87. The van der Waals surface area contributed by atoms with Crippen LogP contribution in [0.4, 0.5) is 11.4 Å². The number of hydrogen-bond donors (Lipinski definition) is 2. The minimum atomic E-state index is -0.408. The van der Waals surface area contributed by atoms with Crippen molar-refractivity contribution in [2.24, 2.45) is 0 Å². The quantitative estimate of drug-likeness (QED) is 0.767. The molecule has 1 fully saturated rings. The highest BCUT2D eigenvalue weighted by Crippen LogP contribution is 2.31. The Bertz CT molecular complexity index is 985. The van der Waals surface area contributed by atoms with Crippen molar-refractivity contribution >= 4 is 23.2 Å². The Kier molecular flexibility index (Phi) is 6.08. The second-order valence-corrected chi connectivity index (χ2v) is 7.98. The van der Waals surface area contributed by atoms with Gasteiger partial charge in [0, 0.05) is 39.8 Å². The number of aryl methyl sites for hydroxylation is 1. The summed E-state index contributed by atoms with van der Waals surface area (Å²) in [6, 6.07) is 9.79. The summed E-state index contributed by atoms with van der Waals surface area (Å²) in [6.45, 7) is 8.34. The minimum absolute atomic E-state index is 0.0767. The highest BCUT2D eigenvalue weighted by atomic mass is 16.5. The summed E-state index contributed by atoms with van der Waals surface area (Å²) < 4.78 is 5.78. The van der Waals surface area contributed by atoms with Gasteiger partial charge in [0.25, 0.3) is 11.8 Å². The van der Waals surface area contributed by atoms with Gasteiger partial charge in [-0.15, -0.1) is 0 Å². The zero-order valence-electron chi connectivity index (χ0n) is 18.3. The number of pyridine rings is 1. The van der Waals surface area contributed by atoms with Gasteiger partial charge in [-0.2, -0.15) is 0 Å². The zero-order chi connectivity index (χ0) is 22.0. The number of anilines is 2. The molecule has 2 amide bonds. The first-order valence-electron chi connectivity index (χ1n) is 10.8. The van der Waals surface area contributed by atoms with E-state index in [1.54, 1.807) is 13.1 Å². The Morgan fingerprint density at radius 1 is 1.23 bits per heavy atom. The number of rotatable bonds is 5. The second-order valence-electron chi connectivity index (χ2n) is 7.98. The van der Waals surface area contributed by atoms with Crippen molar-refractivity contribution in [2.45, 2.75) is 32.9 Å². The van der Waals surface area contributed by atoms with E-state index in [1.165, 1.54) is 0 Å². The number of fused-ring (bicyclic) bond motifs is 1. The van der Waals surface area contributed by atoms with Crippen LogP contribution in [0.5, 0.6) is 5.75 Å². The Hall–Kier alpha value is -3.13. The molecule has 1 saturated heterocycles. The van der Waals surface area contributed by atoms with Crippen LogP contribution in [0.25, 0.3) is 0 Å². The first kappa shape index (κ1) is 21.1. The summed E-state index contributed by atoms with van der Waals surface area (Å²) in [6.07, 6.45) is 0.246. The van der Waals surface area contributed by atoms with Crippen LogP contribution < -0.4 is 20.3 Å². The van der Waals surface area contributed by atoms with Crippen LogP contribution in [0.2, 0.25) is 0 Å². The molecule has 2 N–H and O–H groups in total. The summed E-state index contributed by atoms with van der Waals surface area (Å²) in [7, 11) is 1.61. The number of benzene rings is 1. The molecule has 31 heavy (non-hydrogen) atoms. The van der Waals surface area contributed by atoms with Crippen molar-refractivity contribution in [2.75, 3.05) is 43.4 Å². The molecule has 2 aromatic rings.